The van der Waals surface area contributed by atoms with Crippen LogP contribution in [0.5, 0.6) is 0 Å². The number of rotatable bonds is 3. The van der Waals surface area contributed by atoms with Crippen LogP contribution in [0, 0.1) is 0 Å². The van der Waals surface area contributed by atoms with Gasteiger partial charge < -0.3 is 9.32 Å². The molecule has 0 N–H and O–H groups in total. The minimum atomic E-state index is 0.908. The van der Waals surface area contributed by atoms with Crippen molar-refractivity contribution in [1.29, 1.82) is 0 Å². The largest absolute Gasteiger partial charge is 0.455 e. The summed E-state index contributed by atoms with van der Waals surface area (Å²) >= 11 is 0. The number of hydrogen-bond donors (Lipinski definition) is 0. The van der Waals surface area contributed by atoms with Gasteiger partial charge in [-0.25, -0.2) is 0 Å². The van der Waals surface area contributed by atoms with Crippen LogP contribution < -0.4 is 4.90 Å². The van der Waals surface area contributed by atoms with Gasteiger partial charge in [0.05, 0.1) is 5.69 Å². The third-order valence-corrected chi connectivity index (χ3v) is 8.59. The molecule has 0 radical (unpaired) electrons. The van der Waals surface area contributed by atoms with Gasteiger partial charge in [-0.1, -0.05) is 109 Å². The van der Waals surface area contributed by atoms with Crippen molar-refractivity contribution in [3.8, 4) is 0 Å². The van der Waals surface area contributed by atoms with E-state index in [1.807, 2.05) is 6.07 Å². The zero-order valence-electron chi connectivity index (χ0n) is 22.8. The molecule has 1 heterocycles. The second-order valence-electron chi connectivity index (χ2n) is 10.9. The summed E-state index contributed by atoms with van der Waals surface area (Å²) in [5, 5.41) is 12.1. The Hall–Kier alpha value is -5.60. The highest BCUT2D eigenvalue weighted by molar-refractivity contribution is 6.22. The van der Waals surface area contributed by atoms with Crippen molar-refractivity contribution in [2.24, 2.45) is 0 Å². The Balaban J connectivity index is 1.34. The molecule has 9 aromatic rings. The van der Waals surface area contributed by atoms with Gasteiger partial charge in [0.1, 0.15) is 11.2 Å². The lowest BCUT2D eigenvalue weighted by molar-refractivity contribution is 0.672. The van der Waals surface area contributed by atoms with Crippen LogP contribution in [0.15, 0.2) is 156 Å². The number of nitrogens with zero attached hydrogens (tertiary/aromatic N) is 1. The Kier molecular flexibility index (Phi) is 4.93. The molecule has 0 aliphatic carbocycles. The molecule has 0 bridgehead atoms. The van der Waals surface area contributed by atoms with Crippen LogP contribution in [0.4, 0.5) is 17.1 Å². The van der Waals surface area contributed by atoms with Crippen molar-refractivity contribution in [1.82, 2.24) is 0 Å². The minimum absolute atomic E-state index is 0.908. The van der Waals surface area contributed by atoms with Gasteiger partial charge in [0.2, 0.25) is 0 Å². The number of benzene rings is 8. The van der Waals surface area contributed by atoms with E-state index in [9.17, 15) is 0 Å². The van der Waals surface area contributed by atoms with Gasteiger partial charge in [0.25, 0.3) is 0 Å². The molecule has 2 nitrogen and oxygen atoms in total. The van der Waals surface area contributed by atoms with Crippen LogP contribution in [0.1, 0.15) is 0 Å². The number of hydrogen-bond acceptors (Lipinski definition) is 2. The third kappa shape index (κ3) is 3.39. The molecule has 2 heteroatoms. The Morgan fingerprint density at radius 2 is 1.02 bits per heavy atom. The van der Waals surface area contributed by atoms with Crippen LogP contribution in [0.25, 0.3) is 65.0 Å². The molecule has 0 saturated carbocycles. The lowest BCUT2D eigenvalue weighted by Gasteiger charge is -2.27. The van der Waals surface area contributed by atoms with Gasteiger partial charge in [0, 0.05) is 27.5 Å². The molecule has 0 aliphatic heterocycles. The summed E-state index contributed by atoms with van der Waals surface area (Å²) in [6.45, 7) is 0. The second kappa shape index (κ2) is 8.95. The average Bonchev–Trinajstić information content (AvgIpc) is 3.44. The average molecular weight is 536 g/mol. The van der Waals surface area contributed by atoms with Gasteiger partial charge in [-0.05, 0) is 80.2 Å². The Labute approximate surface area is 242 Å². The van der Waals surface area contributed by atoms with E-state index in [4.69, 9.17) is 4.42 Å². The van der Waals surface area contributed by atoms with E-state index in [0.717, 1.165) is 49.8 Å². The van der Waals surface area contributed by atoms with Gasteiger partial charge >= 0.3 is 0 Å². The van der Waals surface area contributed by atoms with E-state index in [-0.39, 0.29) is 0 Å². The van der Waals surface area contributed by atoms with Crippen LogP contribution in [0.3, 0.4) is 0 Å². The molecule has 0 spiro atoms. The van der Waals surface area contributed by atoms with Crippen LogP contribution in [0.2, 0.25) is 0 Å². The molecule has 0 aliphatic rings. The number of para-hydroxylation sites is 2. The number of anilines is 3. The predicted molar refractivity (Wildman–Crippen MR) is 178 cm³/mol. The molecular weight excluding hydrogens is 510 g/mol. The predicted octanol–water partition coefficient (Wildman–Crippen LogP) is 11.7. The first-order valence-corrected chi connectivity index (χ1v) is 14.4. The van der Waals surface area contributed by atoms with E-state index in [0.29, 0.717) is 0 Å². The third-order valence-electron chi connectivity index (χ3n) is 8.59. The summed E-state index contributed by atoms with van der Waals surface area (Å²) in [7, 11) is 0. The number of furan rings is 1. The standard InChI is InChI=1S/C40H25NO/c1-2-11-30(12-3-1)41(36-15-8-10-27-21-23-35-34-14-6-7-16-37(34)42-40(35)39(27)36)31-22-24-33-29(25-31)20-19-28-18-17-26-9-4-5-13-32(26)38(28)33/h1-25H. The van der Waals surface area contributed by atoms with Gasteiger partial charge in [-0.3, -0.25) is 0 Å². The molecule has 1 aromatic heterocycles. The maximum atomic E-state index is 6.56. The first-order valence-electron chi connectivity index (χ1n) is 14.4. The zero-order valence-corrected chi connectivity index (χ0v) is 22.8. The zero-order chi connectivity index (χ0) is 27.6. The minimum Gasteiger partial charge on any atom is -0.455 e. The molecular formula is C40H25NO. The smallest absolute Gasteiger partial charge is 0.145 e. The fourth-order valence-electron chi connectivity index (χ4n) is 6.69. The molecule has 196 valence electrons. The summed E-state index contributed by atoms with van der Waals surface area (Å²) < 4.78 is 6.56. The Morgan fingerprint density at radius 1 is 0.381 bits per heavy atom. The molecule has 9 rings (SSSR count). The summed E-state index contributed by atoms with van der Waals surface area (Å²) in [6, 6.07) is 54.3. The normalized spacial score (nSPS) is 11.8. The van der Waals surface area contributed by atoms with Crippen LogP contribution in [-0.4, -0.2) is 0 Å². The van der Waals surface area contributed by atoms with E-state index in [1.54, 1.807) is 0 Å². The molecule has 42 heavy (non-hydrogen) atoms. The van der Waals surface area contributed by atoms with E-state index in [2.05, 4.69) is 150 Å². The van der Waals surface area contributed by atoms with Gasteiger partial charge in [-0.2, -0.15) is 0 Å². The van der Waals surface area contributed by atoms with E-state index < -0.39 is 0 Å². The maximum Gasteiger partial charge on any atom is 0.145 e. The molecule has 0 saturated heterocycles. The van der Waals surface area contributed by atoms with Crippen molar-refractivity contribution in [2.45, 2.75) is 0 Å². The summed E-state index contributed by atoms with van der Waals surface area (Å²) in [5.41, 5.74) is 5.13. The lowest BCUT2D eigenvalue weighted by atomic mass is 9.96. The fraction of sp³-hybridized carbons (Fsp3) is 0. The second-order valence-corrected chi connectivity index (χ2v) is 10.9. The highest BCUT2D eigenvalue weighted by Crippen LogP contribution is 2.44. The van der Waals surface area contributed by atoms with Crippen molar-refractivity contribution < 1.29 is 4.42 Å². The molecule has 0 fully saturated rings. The first-order chi connectivity index (χ1) is 20.8. The van der Waals surface area contributed by atoms with Gasteiger partial charge in [0.15, 0.2) is 0 Å². The summed E-state index contributed by atoms with van der Waals surface area (Å²) in [4.78, 5) is 2.36. The first kappa shape index (κ1) is 23.1. The monoisotopic (exact) mass is 535 g/mol. The SMILES string of the molecule is c1ccc(N(c2ccc3c(ccc4ccc5ccccc5c43)c2)c2cccc3ccc4c5ccccc5oc4c23)cc1. The molecule has 0 unspecified atom stereocenters. The van der Waals surface area contributed by atoms with Crippen molar-refractivity contribution in [3.63, 3.8) is 0 Å². The highest BCUT2D eigenvalue weighted by atomic mass is 16.3. The van der Waals surface area contributed by atoms with E-state index >= 15 is 0 Å². The summed E-state index contributed by atoms with van der Waals surface area (Å²) in [6.07, 6.45) is 0. The van der Waals surface area contributed by atoms with Gasteiger partial charge in [-0.15, -0.1) is 0 Å². The fourth-order valence-corrected chi connectivity index (χ4v) is 6.69. The van der Waals surface area contributed by atoms with Crippen molar-refractivity contribution in [2.75, 3.05) is 4.90 Å². The van der Waals surface area contributed by atoms with Crippen molar-refractivity contribution in [3.05, 3.63) is 152 Å². The molecule has 8 aromatic carbocycles. The quantitative estimate of drug-likeness (QED) is 0.209. The molecule has 0 amide bonds. The maximum absolute atomic E-state index is 6.56. The van der Waals surface area contributed by atoms with Crippen LogP contribution in [-0.2, 0) is 0 Å². The summed E-state index contributed by atoms with van der Waals surface area (Å²) in [5.74, 6) is 0. The Morgan fingerprint density at radius 3 is 1.93 bits per heavy atom. The van der Waals surface area contributed by atoms with E-state index in [1.165, 1.54) is 32.3 Å². The highest BCUT2D eigenvalue weighted by Gasteiger charge is 2.20. The van der Waals surface area contributed by atoms with Crippen LogP contribution >= 0.6 is 0 Å². The molecule has 0 atom stereocenters. The number of fused-ring (bicyclic) bond motifs is 10. The lowest BCUT2D eigenvalue weighted by Crippen LogP contribution is -2.10. The topological polar surface area (TPSA) is 16.4 Å². The Bertz CT molecular complexity index is 2470. The van der Waals surface area contributed by atoms with Crippen molar-refractivity contribution >= 4 is 82.1 Å².